The van der Waals surface area contributed by atoms with Crippen LogP contribution in [0.25, 0.3) is 0 Å². The topological polar surface area (TPSA) is 125 Å². The molecule has 1 fully saturated rings. The van der Waals surface area contributed by atoms with Crippen LogP contribution in [-0.4, -0.2) is 89.2 Å². The van der Waals surface area contributed by atoms with Crippen molar-refractivity contribution >= 4 is 22.9 Å². The maximum atomic E-state index is 13.6. The second-order valence-corrected chi connectivity index (χ2v) is 9.50. The maximum absolute atomic E-state index is 13.6. The summed E-state index contributed by atoms with van der Waals surface area (Å²) in [6.45, 7) is 4.16. The van der Waals surface area contributed by atoms with Crippen molar-refractivity contribution in [3.63, 3.8) is 0 Å². The molecule has 2 aromatic carbocycles. The molecule has 0 radical (unpaired) electrons. The van der Waals surface area contributed by atoms with E-state index in [1.165, 1.54) is 12.1 Å². The molecule has 2 aromatic rings. The van der Waals surface area contributed by atoms with Crippen LogP contribution < -0.4 is 10.6 Å². The average Bonchev–Trinajstić information content (AvgIpc) is 2.84. The summed E-state index contributed by atoms with van der Waals surface area (Å²) in [7, 11) is 3.79. The fraction of sp³-hybridized carbons (Fsp3) is 0.462. The number of phenolic OH excluding ortho intramolecular Hbond substituents is 2. The van der Waals surface area contributed by atoms with Crippen LogP contribution in [0.5, 0.6) is 11.5 Å². The minimum absolute atomic E-state index is 0.117. The third kappa shape index (κ3) is 4.71. The highest BCUT2D eigenvalue weighted by Gasteiger charge is 2.38. The lowest BCUT2D eigenvalue weighted by atomic mass is 9.81. The smallest absolute Gasteiger partial charge is 0.200 e. The lowest BCUT2D eigenvalue weighted by molar-refractivity contribution is 0.0939. The van der Waals surface area contributed by atoms with Gasteiger partial charge >= 0.3 is 0 Å². The van der Waals surface area contributed by atoms with Gasteiger partial charge in [-0.1, -0.05) is 6.42 Å². The molecule has 0 bridgehead atoms. The first-order valence-electron chi connectivity index (χ1n) is 12.1. The molecule has 9 heteroatoms. The van der Waals surface area contributed by atoms with Crippen LogP contribution in [0.15, 0.2) is 24.3 Å². The number of aromatic hydroxyl groups is 2. The van der Waals surface area contributed by atoms with Crippen molar-refractivity contribution in [3.8, 4) is 11.5 Å². The second-order valence-electron chi connectivity index (χ2n) is 9.50. The summed E-state index contributed by atoms with van der Waals surface area (Å²) in [6.07, 6.45) is 3.02. The summed E-state index contributed by atoms with van der Waals surface area (Å²) in [4.78, 5) is 31.4. The molecule has 188 valence electrons. The van der Waals surface area contributed by atoms with Crippen LogP contribution in [-0.2, 0) is 0 Å². The quantitative estimate of drug-likeness (QED) is 0.243. The van der Waals surface area contributed by atoms with Crippen LogP contribution in [0.1, 0.15) is 58.0 Å². The molecule has 0 saturated carbocycles. The van der Waals surface area contributed by atoms with Crippen molar-refractivity contribution in [1.29, 1.82) is 0 Å². The number of aliphatic hydroxyl groups is 1. The number of aliphatic hydroxyl groups excluding tert-OH is 1. The summed E-state index contributed by atoms with van der Waals surface area (Å²) < 4.78 is 0. The SMILES string of the molecule is CC(Nc1ccc(NCCN2CCCCC2CO)c2c1C(=O)c1c(O)ccc(O)c1C2=O)N(C)C. The summed E-state index contributed by atoms with van der Waals surface area (Å²) in [5, 5.41) is 37.1. The molecule has 1 aliphatic heterocycles. The number of fused-ring (bicyclic) bond motifs is 2. The highest BCUT2D eigenvalue weighted by Crippen LogP contribution is 2.42. The van der Waals surface area contributed by atoms with E-state index in [9.17, 15) is 24.9 Å². The average molecular weight is 483 g/mol. The third-order valence-corrected chi connectivity index (χ3v) is 7.09. The highest BCUT2D eigenvalue weighted by molar-refractivity contribution is 6.33. The Hall–Kier alpha value is -3.14. The predicted molar refractivity (Wildman–Crippen MR) is 135 cm³/mol. The molecular weight excluding hydrogens is 448 g/mol. The minimum atomic E-state index is -0.517. The molecule has 1 aliphatic carbocycles. The summed E-state index contributed by atoms with van der Waals surface area (Å²) in [5.74, 6) is -1.71. The van der Waals surface area contributed by atoms with Crippen LogP contribution >= 0.6 is 0 Å². The molecule has 5 N–H and O–H groups in total. The van der Waals surface area contributed by atoms with E-state index < -0.39 is 11.6 Å². The zero-order chi connectivity index (χ0) is 25.3. The number of rotatable bonds is 8. The first-order chi connectivity index (χ1) is 16.7. The number of hydrogen-bond donors (Lipinski definition) is 5. The van der Waals surface area contributed by atoms with E-state index in [2.05, 4.69) is 15.5 Å². The summed E-state index contributed by atoms with van der Waals surface area (Å²) >= 11 is 0. The van der Waals surface area contributed by atoms with Crippen LogP contribution in [0.2, 0.25) is 0 Å². The van der Waals surface area contributed by atoms with E-state index in [1.54, 1.807) is 12.1 Å². The number of likely N-dealkylation sites (tertiary alicyclic amines) is 1. The van der Waals surface area contributed by atoms with Gasteiger partial charge in [0.15, 0.2) is 0 Å². The van der Waals surface area contributed by atoms with Gasteiger partial charge in [0.1, 0.15) is 11.5 Å². The standard InChI is InChI=1S/C26H34N4O5/c1-15(29(2)3)28-18-8-7-17(27-11-13-30-12-5-4-6-16(30)14-31)21-22(18)26(35)24-20(33)10-9-19(32)23(24)25(21)34/h7-10,15-16,27-28,31-33H,4-6,11-14H2,1-3H3. The molecule has 4 rings (SSSR count). The third-order valence-electron chi connectivity index (χ3n) is 7.09. The second kappa shape index (κ2) is 10.2. The van der Waals surface area contributed by atoms with Gasteiger partial charge in [-0.2, -0.15) is 0 Å². The Balaban J connectivity index is 1.71. The molecule has 35 heavy (non-hydrogen) atoms. The Morgan fingerprint density at radius 2 is 1.57 bits per heavy atom. The molecule has 0 aromatic heterocycles. The molecule has 9 nitrogen and oxygen atoms in total. The molecule has 2 atom stereocenters. The Kier molecular flexibility index (Phi) is 7.30. The van der Waals surface area contributed by atoms with Gasteiger partial charge in [-0.25, -0.2) is 0 Å². The fourth-order valence-corrected chi connectivity index (χ4v) is 4.88. The fourth-order valence-electron chi connectivity index (χ4n) is 4.88. The normalized spacial score (nSPS) is 18.8. The van der Waals surface area contributed by atoms with E-state index >= 15 is 0 Å². The molecule has 0 spiro atoms. The van der Waals surface area contributed by atoms with Gasteiger partial charge in [0.05, 0.1) is 35.0 Å². The molecule has 0 amide bonds. The number of nitrogens with one attached hydrogen (secondary N) is 2. The van der Waals surface area contributed by atoms with Crippen molar-refractivity contribution in [2.75, 3.05) is 51.0 Å². The monoisotopic (exact) mass is 482 g/mol. The molecule has 2 unspecified atom stereocenters. The Bertz CT molecular complexity index is 1130. The number of carbonyl (C=O) groups is 2. The number of phenols is 2. The Labute approximate surface area is 205 Å². The zero-order valence-corrected chi connectivity index (χ0v) is 20.5. The molecular formula is C26H34N4O5. The van der Waals surface area contributed by atoms with Crippen molar-refractivity contribution in [2.45, 2.75) is 38.4 Å². The van der Waals surface area contributed by atoms with E-state index in [1.807, 2.05) is 25.9 Å². The van der Waals surface area contributed by atoms with Gasteiger partial charge in [0.2, 0.25) is 11.6 Å². The van der Waals surface area contributed by atoms with Gasteiger partial charge in [-0.3, -0.25) is 19.4 Å². The van der Waals surface area contributed by atoms with Gasteiger partial charge in [0, 0.05) is 30.5 Å². The first-order valence-corrected chi connectivity index (χ1v) is 12.1. The lowest BCUT2D eigenvalue weighted by Crippen LogP contribution is -2.44. The number of ketones is 2. The minimum Gasteiger partial charge on any atom is -0.507 e. The van der Waals surface area contributed by atoms with Gasteiger partial charge in [0.25, 0.3) is 0 Å². The number of nitrogens with zero attached hydrogens (tertiary/aromatic N) is 2. The number of hydrogen-bond acceptors (Lipinski definition) is 9. The predicted octanol–water partition coefficient (Wildman–Crippen LogP) is 2.45. The molecule has 1 heterocycles. The van der Waals surface area contributed by atoms with Gasteiger partial charge < -0.3 is 26.0 Å². The molecule has 1 saturated heterocycles. The van der Waals surface area contributed by atoms with Crippen molar-refractivity contribution < 1.29 is 24.9 Å². The molecule has 2 aliphatic rings. The highest BCUT2D eigenvalue weighted by atomic mass is 16.3. The number of anilines is 2. The van der Waals surface area contributed by atoms with Crippen LogP contribution in [0, 0.1) is 0 Å². The Morgan fingerprint density at radius 1 is 0.971 bits per heavy atom. The van der Waals surface area contributed by atoms with Crippen LogP contribution in [0.4, 0.5) is 11.4 Å². The number of benzene rings is 2. The maximum Gasteiger partial charge on any atom is 0.200 e. The first kappa shape index (κ1) is 25.0. The van der Waals surface area contributed by atoms with Crippen molar-refractivity contribution in [3.05, 3.63) is 46.5 Å². The number of carbonyl (C=O) groups excluding carboxylic acids is 2. The van der Waals surface area contributed by atoms with E-state index in [4.69, 9.17) is 0 Å². The van der Waals surface area contributed by atoms with Gasteiger partial charge in [-0.15, -0.1) is 0 Å². The van der Waals surface area contributed by atoms with Crippen molar-refractivity contribution in [1.82, 2.24) is 9.80 Å². The van der Waals surface area contributed by atoms with E-state index in [-0.39, 0.29) is 52.6 Å². The largest absolute Gasteiger partial charge is 0.507 e. The Morgan fingerprint density at radius 3 is 2.17 bits per heavy atom. The van der Waals surface area contributed by atoms with E-state index in [0.29, 0.717) is 24.5 Å². The zero-order valence-electron chi connectivity index (χ0n) is 20.5. The van der Waals surface area contributed by atoms with Crippen LogP contribution in [0.3, 0.4) is 0 Å². The summed E-state index contributed by atoms with van der Waals surface area (Å²) in [5.41, 5.74) is 0.964. The van der Waals surface area contributed by atoms with Crippen molar-refractivity contribution in [2.24, 2.45) is 0 Å². The lowest BCUT2D eigenvalue weighted by Gasteiger charge is -2.34. The summed E-state index contributed by atoms with van der Waals surface area (Å²) in [6, 6.07) is 6.10. The van der Waals surface area contributed by atoms with Gasteiger partial charge in [-0.05, 0) is 64.7 Å². The van der Waals surface area contributed by atoms with E-state index in [0.717, 1.165) is 25.8 Å². The number of piperidine rings is 1.